The second-order valence-corrected chi connectivity index (χ2v) is 4.59. The van der Waals surface area contributed by atoms with E-state index in [1.165, 1.54) is 11.1 Å². The summed E-state index contributed by atoms with van der Waals surface area (Å²) in [7, 11) is 0. The maximum absolute atomic E-state index is 5.52. The molecule has 96 valence electrons. The molecule has 18 heavy (non-hydrogen) atoms. The average Bonchev–Trinajstić information content (AvgIpc) is 2.85. The first kappa shape index (κ1) is 12.7. The number of nitrogens with two attached hydrogens (primary N) is 1. The van der Waals surface area contributed by atoms with Gasteiger partial charge in [-0.2, -0.15) is 0 Å². The lowest BCUT2D eigenvalue weighted by Gasteiger charge is -2.21. The Morgan fingerprint density at radius 1 is 1.17 bits per heavy atom. The molecule has 0 aromatic heterocycles. The van der Waals surface area contributed by atoms with Gasteiger partial charge in [0.15, 0.2) is 0 Å². The van der Waals surface area contributed by atoms with Gasteiger partial charge in [-0.15, -0.1) is 0 Å². The summed E-state index contributed by atoms with van der Waals surface area (Å²) in [6.07, 6.45) is 7.21. The van der Waals surface area contributed by atoms with E-state index in [1.807, 2.05) is 6.08 Å². The normalized spacial score (nSPS) is 14.3. The van der Waals surface area contributed by atoms with Crippen molar-refractivity contribution in [2.45, 2.75) is 13.0 Å². The van der Waals surface area contributed by atoms with Crippen LogP contribution in [0.3, 0.4) is 0 Å². The van der Waals surface area contributed by atoms with Gasteiger partial charge in [-0.25, -0.2) is 0 Å². The van der Waals surface area contributed by atoms with E-state index in [-0.39, 0.29) is 0 Å². The third kappa shape index (κ3) is 3.37. The molecule has 3 heteroatoms. The van der Waals surface area contributed by atoms with Crippen LogP contribution in [-0.2, 0) is 6.54 Å². The van der Waals surface area contributed by atoms with Gasteiger partial charge in [-0.05, 0) is 24.1 Å². The van der Waals surface area contributed by atoms with E-state index in [2.05, 4.69) is 53.0 Å². The number of benzene rings is 1. The fourth-order valence-electron chi connectivity index (χ4n) is 2.05. The zero-order valence-electron chi connectivity index (χ0n) is 10.8. The molecule has 3 nitrogen and oxygen atoms in total. The predicted octanol–water partition coefficient (Wildman–Crippen LogP) is 2.22. The highest BCUT2D eigenvalue weighted by atomic mass is 15.3. The largest absolute Gasteiger partial charge is 0.359 e. The van der Waals surface area contributed by atoms with Crippen LogP contribution in [0.2, 0.25) is 0 Å². The molecule has 1 aromatic rings. The lowest BCUT2D eigenvalue weighted by molar-refractivity contribution is 0.259. The maximum atomic E-state index is 5.52. The minimum atomic E-state index is 0.757. The van der Waals surface area contributed by atoms with Gasteiger partial charge < -0.3 is 15.5 Å². The highest BCUT2D eigenvalue weighted by Crippen LogP contribution is 2.13. The van der Waals surface area contributed by atoms with E-state index in [9.17, 15) is 0 Å². The van der Waals surface area contributed by atoms with E-state index in [1.54, 1.807) is 0 Å². The average molecular weight is 243 g/mol. The number of hydrogen-bond donors (Lipinski definition) is 1. The molecular weight excluding hydrogens is 222 g/mol. The van der Waals surface area contributed by atoms with Crippen LogP contribution in [0.1, 0.15) is 17.5 Å². The third-order valence-corrected chi connectivity index (χ3v) is 3.10. The van der Waals surface area contributed by atoms with Crippen molar-refractivity contribution in [3.63, 3.8) is 0 Å². The standard InChI is InChI=1S/C15H21N3/c1-2-14-4-6-15(7-5-14)12-18-11-10-17(13-18)9-3-8-16/h2,4-7,10-11H,1,3,8-9,12-13,16H2. The van der Waals surface area contributed by atoms with E-state index < -0.39 is 0 Å². The summed E-state index contributed by atoms with van der Waals surface area (Å²) >= 11 is 0. The van der Waals surface area contributed by atoms with Crippen molar-refractivity contribution in [2.24, 2.45) is 5.73 Å². The predicted molar refractivity (Wildman–Crippen MR) is 76.5 cm³/mol. The van der Waals surface area contributed by atoms with Crippen molar-refractivity contribution < 1.29 is 0 Å². The summed E-state index contributed by atoms with van der Waals surface area (Å²) in [4.78, 5) is 4.60. The summed E-state index contributed by atoms with van der Waals surface area (Å²) in [5, 5.41) is 0. The fraction of sp³-hybridized carbons (Fsp3) is 0.333. The van der Waals surface area contributed by atoms with Gasteiger partial charge in [0.25, 0.3) is 0 Å². The van der Waals surface area contributed by atoms with Crippen LogP contribution in [0.15, 0.2) is 43.2 Å². The molecule has 0 saturated heterocycles. The third-order valence-electron chi connectivity index (χ3n) is 3.10. The molecule has 0 atom stereocenters. The van der Waals surface area contributed by atoms with Crippen LogP contribution in [0, 0.1) is 0 Å². The number of nitrogens with zero attached hydrogens (tertiary/aromatic N) is 2. The molecule has 1 aliphatic rings. The summed E-state index contributed by atoms with van der Waals surface area (Å²) < 4.78 is 0. The smallest absolute Gasteiger partial charge is 0.0897 e. The molecule has 0 fully saturated rings. The fourth-order valence-corrected chi connectivity index (χ4v) is 2.05. The van der Waals surface area contributed by atoms with Gasteiger partial charge in [0.05, 0.1) is 6.67 Å². The second-order valence-electron chi connectivity index (χ2n) is 4.59. The lowest BCUT2D eigenvalue weighted by Crippen LogP contribution is -2.26. The SMILES string of the molecule is C=Cc1ccc(CN2C=CN(CCCN)C2)cc1. The molecule has 1 heterocycles. The Bertz CT molecular complexity index is 408. The molecule has 1 aliphatic heterocycles. The van der Waals surface area contributed by atoms with Crippen molar-refractivity contribution in [3.05, 3.63) is 54.4 Å². The van der Waals surface area contributed by atoms with Crippen LogP contribution < -0.4 is 5.73 Å². The van der Waals surface area contributed by atoms with Crippen molar-refractivity contribution in [1.82, 2.24) is 9.80 Å². The molecule has 2 N–H and O–H groups in total. The molecule has 1 aromatic carbocycles. The Morgan fingerprint density at radius 2 is 1.89 bits per heavy atom. The first-order valence-corrected chi connectivity index (χ1v) is 6.39. The molecule has 0 aliphatic carbocycles. The quantitative estimate of drug-likeness (QED) is 0.831. The Hall–Kier alpha value is -1.74. The van der Waals surface area contributed by atoms with E-state index in [0.717, 1.165) is 32.7 Å². The van der Waals surface area contributed by atoms with Crippen molar-refractivity contribution in [3.8, 4) is 0 Å². The molecule has 0 saturated carbocycles. The highest BCUT2D eigenvalue weighted by Gasteiger charge is 2.11. The summed E-state index contributed by atoms with van der Waals surface area (Å²) in [5.41, 5.74) is 8.01. The van der Waals surface area contributed by atoms with Crippen LogP contribution in [0.25, 0.3) is 6.08 Å². The number of hydrogen-bond acceptors (Lipinski definition) is 3. The maximum Gasteiger partial charge on any atom is 0.0897 e. The minimum absolute atomic E-state index is 0.757. The van der Waals surface area contributed by atoms with Crippen LogP contribution >= 0.6 is 0 Å². The Kier molecular flexibility index (Phi) is 4.42. The minimum Gasteiger partial charge on any atom is -0.359 e. The van der Waals surface area contributed by atoms with Gasteiger partial charge >= 0.3 is 0 Å². The molecule has 0 spiro atoms. The second kappa shape index (κ2) is 6.26. The Labute approximate surface area is 109 Å². The molecule has 0 unspecified atom stereocenters. The molecule has 0 radical (unpaired) electrons. The van der Waals surface area contributed by atoms with Crippen LogP contribution in [-0.4, -0.2) is 29.6 Å². The monoisotopic (exact) mass is 243 g/mol. The summed E-state index contributed by atoms with van der Waals surface area (Å²) in [6, 6.07) is 8.53. The van der Waals surface area contributed by atoms with Crippen molar-refractivity contribution in [1.29, 1.82) is 0 Å². The van der Waals surface area contributed by atoms with Gasteiger partial charge in [0.2, 0.25) is 0 Å². The summed E-state index contributed by atoms with van der Waals surface area (Å²) in [6.45, 7) is 7.47. The first-order valence-electron chi connectivity index (χ1n) is 6.39. The first-order chi connectivity index (χ1) is 8.81. The van der Waals surface area contributed by atoms with Crippen molar-refractivity contribution >= 4 is 6.08 Å². The lowest BCUT2D eigenvalue weighted by atomic mass is 10.1. The van der Waals surface area contributed by atoms with Gasteiger partial charge in [-0.1, -0.05) is 36.9 Å². The van der Waals surface area contributed by atoms with E-state index >= 15 is 0 Å². The topological polar surface area (TPSA) is 32.5 Å². The summed E-state index contributed by atoms with van der Waals surface area (Å²) in [5.74, 6) is 0. The molecule has 0 amide bonds. The van der Waals surface area contributed by atoms with Crippen LogP contribution in [0.5, 0.6) is 0 Å². The van der Waals surface area contributed by atoms with Gasteiger partial charge in [0.1, 0.15) is 0 Å². The van der Waals surface area contributed by atoms with E-state index in [4.69, 9.17) is 5.73 Å². The Balaban J connectivity index is 1.83. The van der Waals surface area contributed by atoms with Crippen LogP contribution in [0.4, 0.5) is 0 Å². The zero-order chi connectivity index (χ0) is 12.8. The van der Waals surface area contributed by atoms with Crippen molar-refractivity contribution in [2.75, 3.05) is 19.8 Å². The molecule has 2 rings (SSSR count). The van der Waals surface area contributed by atoms with Gasteiger partial charge in [-0.3, -0.25) is 0 Å². The Morgan fingerprint density at radius 3 is 2.56 bits per heavy atom. The van der Waals surface area contributed by atoms with E-state index in [0.29, 0.717) is 0 Å². The molecular formula is C15H21N3. The van der Waals surface area contributed by atoms with Gasteiger partial charge in [0, 0.05) is 25.5 Å². The zero-order valence-corrected chi connectivity index (χ0v) is 10.8. The number of rotatable bonds is 6. The highest BCUT2D eigenvalue weighted by molar-refractivity contribution is 5.47. The molecule has 0 bridgehead atoms.